The molecule has 144 valence electrons. The lowest BCUT2D eigenvalue weighted by atomic mass is 10.2. The molecule has 3 aromatic rings. The number of hydrogen-bond donors (Lipinski definition) is 2. The van der Waals surface area contributed by atoms with Gasteiger partial charge in [-0.15, -0.1) is 0 Å². The molecule has 0 bridgehead atoms. The van der Waals surface area contributed by atoms with E-state index in [4.69, 9.17) is 9.47 Å². The Kier molecular flexibility index (Phi) is 6.06. The lowest BCUT2D eigenvalue weighted by Gasteiger charge is -2.07. The highest BCUT2D eigenvalue weighted by Crippen LogP contribution is 2.15. The Morgan fingerprint density at radius 3 is 2.43 bits per heavy atom. The van der Waals surface area contributed by atoms with Crippen molar-refractivity contribution in [2.45, 2.75) is 13.3 Å². The summed E-state index contributed by atoms with van der Waals surface area (Å²) in [6, 6.07) is 15.4. The SMILES string of the molecule is CCCOC(=O)c1ccc(NC(=O)COC(=O)c2cc3ccccc3[nH]2)cc1. The van der Waals surface area contributed by atoms with Crippen LogP contribution in [0.2, 0.25) is 0 Å². The van der Waals surface area contributed by atoms with Gasteiger partial charge in [-0.2, -0.15) is 0 Å². The fraction of sp³-hybridized carbons (Fsp3) is 0.190. The summed E-state index contributed by atoms with van der Waals surface area (Å²) in [5.74, 6) is -1.50. The summed E-state index contributed by atoms with van der Waals surface area (Å²) in [6.45, 7) is 1.85. The van der Waals surface area contributed by atoms with Crippen LogP contribution in [0, 0.1) is 0 Å². The third-order valence-electron chi connectivity index (χ3n) is 3.93. The number of fused-ring (bicyclic) bond motifs is 1. The smallest absolute Gasteiger partial charge is 0.355 e. The maximum atomic E-state index is 12.1. The van der Waals surface area contributed by atoms with Crippen LogP contribution >= 0.6 is 0 Å². The van der Waals surface area contributed by atoms with Gasteiger partial charge in [-0.1, -0.05) is 25.1 Å². The Hall–Kier alpha value is -3.61. The zero-order chi connectivity index (χ0) is 19.9. The summed E-state index contributed by atoms with van der Waals surface area (Å²) >= 11 is 0. The molecule has 0 unspecified atom stereocenters. The summed E-state index contributed by atoms with van der Waals surface area (Å²) < 4.78 is 10.1. The van der Waals surface area contributed by atoms with Gasteiger partial charge in [0, 0.05) is 16.6 Å². The van der Waals surface area contributed by atoms with Crippen molar-refractivity contribution in [2.75, 3.05) is 18.5 Å². The quantitative estimate of drug-likeness (QED) is 0.611. The second kappa shape index (κ2) is 8.85. The van der Waals surface area contributed by atoms with Crippen molar-refractivity contribution >= 4 is 34.4 Å². The number of amides is 1. The molecule has 7 heteroatoms. The Balaban J connectivity index is 1.51. The highest BCUT2D eigenvalue weighted by Gasteiger charge is 2.13. The van der Waals surface area contributed by atoms with Crippen LogP contribution in [0.3, 0.4) is 0 Å². The van der Waals surface area contributed by atoms with Gasteiger partial charge >= 0.3 is 11.9 Å². The number of aromatic amines is 1. The Labute approximate surface area is 161 Å². The minimum absolute atomic E-state index is 0.281. The number of rotatable bonds is 7. The largest absolute Gasteiger partial charge is 0.462 e. The number of hydrogen-bond acceptors (Lipinski definition) is 5. The Bertz CT molecular complexity index is 958. The van der Waals surface area contributed by atoms with Gasteiger partial charge in [0.2, 0.25) is 0 Å². The number of carbonyl (C=O) groups excluding carboxylic acids is 3. The minimum atomic E-state index is -0.611. The average Bonchev–Trinajstić information content (AvgIpc) is 3.15. The molecule has 1 heterocycles. The lowest BCUT2D eigenvalue weighted by molar-refractivity contribution is -0.119. The number of benzene rings is 2. The zero-order valence-corrected chi connectivity index (χ0v) is 15.4. The van der Waals surface area contributed by atoms with Crippen molar-refractivity contribution in [1.82, 2.24) is 4.98 Å². The molecule has 0 atom stereocenters. The van der Waals surface area contributed by atoms with Gasteiger partial charge in [0.1, 0.15) is 5.69 Å². The number of H-pyrrole nitrogens is 1. The highest BCUT2D eigenvalue weighted by atomic mass is 16.5. The fourth-order valence-corrected chi connectivity index (χ4v) is 2.56. The van der Waals surface area contributed by atoms with Crippen molar-refractivity contribution in [2.24, 2.45) is 0 Å². The van der Waals surface area contributed by atoms with E-state index in [2.05, 4.69) is 10.3 Å². The normalized spacial score (nSPS) is 10.5. The van der Waals surface area contributed by atoms with Crippen LogP contribution in [0.5, 0.6) is 0 Å². The first-order valence-corrected chi connectivity index (χ1v) is 8.88. The van der Waals surface area contributed by atoms with Gasteiger partial charge in [-0.3, -0.25) is 4.79 Å². The molecule has 0 aliphatic heterocycles. The molecule has 7 nitrogen and oxygen atoms in total. The number of carbonyl (C=O) groups is 3. The van der Waals surface area contributed by atoms with Crippen LogP contribution in [0.4, 0.5) is 5.69 Å². The number of para-hydroxylation sites is 1. The third kappa shape index (κ3) is 4.76. The molecule has 2 aromatic carbocycles. The van der Waals surface area contributed by atoms with Crippen molar-refractivity contribution < 1.29 is 23.9 Å². The van der Waals surface area contributed by atoms with E-state index in [0.29, 0.717) is 17.9 Å². The third-order valence-corrected chi connectivity index (χ3v) is 3.93. The molecule has 0 radical (unpaired) electrons. The van der Waals surface area contributed by atoms with Crippen molar-refractivity contribution in [1.29, 1.82) is 0 Å². The molecule has 0 spiro atoms. The standard InChI is InChI=1S/C21H20N2O5/c1-2-11-27-20(25)14-7-9-16(10-8-14)22-19(24)13-28-21(26)18-12-15-5-3-4-6-17(15)23-18/h3-10,12,23H,2,11,13H2,1H3,(H,22,24). The monoisotopic (exact) mass is 380 g/mol. The van der Waals surface area contributed by atoms with E-state index in [0.717, 1.165) is 17.3 Å². The Morgan fingerprint density at radius 2 is 1.71 bits per heavy atom. The summed E-state index contributed by atoms with van der Waals surface area (Å²) in [7, 11) is 0. The molecule has 3 rings (SSSR count). The van der Waals surface area contributed by atoms with Gasteiger partial charge in [0.05, 0.1) is 12.2 Å². The number of aromatic nitrogens is 1. The van der Waals surface area contributed by atoms with Gasteiger partial charge < -0.3 is 19.8 Å². The maximum Gasteiger partial charge on any atom is 0.355 e. The predicted octanol–water partition coefficient (Wildman–Crippen LogP) is 3.53. The van der Waals surface area contributed by atoms with Crippen LogP contribution in [0.15, 0.2) is 54.6 Å². The van der Waals surface area contributed by atoms with E-state index in [1.54, 1.807) is 30.3 Å². The van der Waals surface area contributed by atoms with E-state index in [1.807, 2.05) is 31.2 Å². The van der Waals surface area contributed by atoms with Crippen LogP contribution < -0.4 is 5.32 Å². The number of anilines is 1. The zero-order valence-electron chi connectivity index (χ0n) is 15.4. The maximum absolute atomic E-state index is 12.1. The number of ether oxygens (including phenoxy) is 2. The molecular formula is C21H20N2O5. The van der Waals surface area contributed by atoms with Crippen LogP contribution in [-0.2, 0) is 14.3 Å². The number of esters is 2. The highest BCUT2D eigenvalue weighted by molar-refractivity contribution is 5.98. The molecule has 1 aromatic heterocycles. The van der Waals surface area contributed by atoms with Gasteiger partial charge in [-0.25, -0.2) is 9.59 Å². The molecule has 28 heavy (non-hydrogen) atoms. The summed E-state index contributed by atoms with van der Waals surface area (Å²) in [4.78, 5) is 38.8. The van der Waals surface area contributed by atoms with Crippen LogP contribution in [0.25, 0.3) is 10.9 Å². The fourth-order valence-electron chi connectivity index (χ4n) is 2.56. The molecule has 0 aliphatic carbocycles. The molecule has 1 amide bonds. The van der Waals surface area contributed by atoms with E-state index < -0.39 is 24.5 Å². The first-order valence-electron chi connectivity index (χ1n) is 8.88. The predicted molar refractivity (Wildman–Crippen MR) is 104 cm³/mol. The van der Waals surface area contributed by atoms with Gasteiger partial charge in [0.25, 0.3) is 5.91 Å². The summed E-state index contributed by atoms with van der Waals surface area (Å²) in [6.07, 6.45) is 0.747. The van der Waals surface area contributed by atoms with Crippen LogP contribution in [-0.4, -0.2) is 36.0 Å². The van der Waals surface area contributed by atoms with E-state index in [9.17, 15) is 14.4 Å². The molecular weight excluding hydrogens is 360 g/mol. The second-order valence-electron chi connectivity index (χ2n) is 6.11. The summed E-state index contributed by atoms with van der Waals surface area (Å²) in [5.41, 5.74) is 1.98. The first-order chi connectivity index (χ1) is 13.6. The molecule has 0 aliphatic rings. The average molecular weight is 380 g/mol. The second-order valence-corrected chi connectivity index (χ2v) is 6.11. The minimum Gasteiger partial charge on any atom is -0.462 e. The molecule has 0 fully saturated rings. The first kappa shape index (κ1) is 19.2. The van der Waals surface area contributed by atoms with E-state index >= 15 is 0 Å². The van der Waals surface area contributed by atoms with Crippen LogP contribution in [0.1, 0.15) is 34.2 Å². The topological polar surface area (TPSA) is 97.5 Å². The summed E-state index contributed by atoms with van der Waals surface area (Å²) in [5, 5.41) is 3.49. The van der Waals surface area contributed by atoms with Crippen molar-refractivity contribution in [3.8, 4) is 0 Å². The number of nitrogens with one attached hydrogen (secondary N) is 2. The van der Waals surface area contributed by atoms with Crippen molar-refractivity contribution in [3.05, 3.63) is 65.9 Å². The Morgan fingerprint density at radius 1 is 0.964 bits per heavy atom. The van der Waals surface area contributed by atoms with Gasteiger partial charge in [0.15, 0.2) is 6.61 Å². The molecule has 0 saturated carbocycles. The molecule has 2 N–H and O–H groups in total. The lowest BCUT2D eigenvalue weighted by Crippen LogP contribution is -2.21. The van der Waals surface area contributed by atoms with Crippen molar-refractivity contribution in [3.63, 3.8) is 0 Å². The van der Waals surface area contributed by atoms with Gasteiger partial charge in [-0.05, 0) is 42.8 Å². The molecule has 0 saturated heterocycles. The van der Waals surface area contributed by atoms with E-state index in [1.165, 1.54) is 0 Å². The van der Waals surface area contributed by atoms with E-state index in [-0.39, 0.29) is 5.69 Å².